The van der Waals surface area contributed by atoms with E-state index in [-0.39, 0.29) is 5.91 Å². The summed E-state index contributed by atoms with van der Waals surface area (Å²) >= 11 is 3.45. The molecule has 1 amide bonds. The fraction of sp³-hybridized carbons (Fsp3) is 0.562. The van der Waals surface area contributed by atoms with Gasteiger partial charge in [0.05, 0.1) is 12.7 Å². The van der Waals surface area contributed by atoms with Crippen LogP contribution in [0.25, 0.3) is 0 Å². The maximum Gasteiger partial charge on any atom is 0.252 e. The Morgan fingerprint density at radius 1 is 1.30 bits per heavy atom. The van der Waals surface area contributed by atoms with Crippen molar-refractivity contribution in [2.24, 2.45) is 23.7 Å². The number of amides is 1. The first kappa shape index (κ1) is 12.7. The van der Waals surface area contributed by atoms with Crippen molar-refractivity contribution in [2.75, 3.05) is 7.11 Å². The van der Waals surface area contributed by atoms with E-state index < -0.39 is 0 Å². The summed E-state index contributed by atoms with van der Waals surface area (Å²) in [6.07, 6.45) is 4.16. The number of carbonyl (C=O) groups excluding carboxylic acids is 1. The highest BCUT2D eigenvalue weighted by Crippen LogP contribution is 2.65. The van der Waals surface area contributed by atoms with Gasteiger partial charge in [0.15, 0.2) is 0 Å². The quantitative estimate of drug-likeness (QED) is 0.920. The van der Waals surface area contributed by atoms with Crippen LogP contribution >= 0.6 is 15.9 Å². The number of methoxy groups -OCH3 is 1. The summed E-state index contributed by atoms with van der Waals surface area (Å²) in [6.45, 7) is 0. The third-order valence-electron chi connectivity index (χ3n) is 5.45. The van der Waals surface area contributed by atoms with Crippen LogP contribution in [0.4, 0.5) is 0 Å². The molecule has 4 unspecified atom stereocenters. The number of halogens is 1. The standard InChI is InChI=1S/C16H18BrNO2/c1-20-10-4-5-12(17)11(7-10)16(19)18-15-13-8-2-3-9(6-8)14(13)15/h4-5,7-9,13-15H,2-3,6H2,1H3,(H,18,19). The molecule has 2 bridgehead atoms. The number of hydrogen-bond acceptors (Lipinski definition) is 2. The molecule has 0 radical (unpaired) electrons. The lowest BCUT2D eigenvalue weighted by atomic mass is 10.0. The van der Waals surface area contributed by atoms with Crippen LogP contribution in [0.15, 0.2) is 22.7 Å². The molecule has 3 nitrogen and oxygen atoms in total. The van der Waals surface area contributed by atoms with Gasteiger partial charge in [-0.2, -0.15) is 0 Å². The first-order chi connectivity index (χ1) is 9.69. The van der Waals surface area contributed by atoms with E-state index in [2.05, 4.69) is 21.2 Å². The zero-order valence-electron chi connectivity index (χ0n) is 11.4. The molecule has 106 valence electrons. The third kappa shape index (κ3) is 1.80. The van der Waals surface area contributed by atoms with Crippen LogP contribution < -0.4 is 10.1 Å². The average Bonchev–Trinajstić information content (AvgIpc) is 2.85. The van der Waals surface area contributed by atoms with Crippen molar-refractivity contribution in [1.82, 2.24) is 5.32 Å². The van der Waals surface area contributed by atoms with Gasteiger partial charge in [-0.15, -0.1) is 0 Å². The fourth-order valence-corrected chi connectivity index (χ4v) is 4.98. The van der Waals surface area contributed by atoms with Gasteiger partial charge in [-0.3, -0.25) is 4.79 Å². The SMILES string of the molecule is COc1ccc(Br)c(C(=O)NC2C3C4CCC(C4)C23)c1. The normalized spacial score (nSPS) is 36.6. The zero-order chi connectivity index (χ0) is 13.9. The highest BCUT2D eigenvalue weighted by atomic mass is 79.9. The predicted octanol–water partition coefficient (Wildman–Crippen LogP) is 3.23. The monoisotopic (exact) mass is 335 g/mol. The van der Waals surface area contributed by atoms with Crippen LogP contribution in [-0.4, -0.2) is 19.1 Å². The van der Waals surface area contributed by atoms with Gasteiger partial charge < -0.3 is 10.1 Å². The minimum absolute atomic E-state index is 0.0228. The first-order valence-corrected chi connectivity index (χ1v) is 8.12. The van der Waals surface area contributed by atoms with Crippen molar-refractivity contribution in [1.29, 1.82) is 0 Å². The molecule has 4 atom stereocenters. The number of carbonyl (C=O) groups is 1. The van der Waals surface area contributed by atoms with Crippen molar-refractivity contribution in [3.8, 4) is 5.75 Å². The van der Waals surface area contributed by atoms with Crippen LogP contribution in [0.5, 0.6) is 5.75 Å². The molecular formula is C16H18BrNO2. The fourth-order valence-electron chi connectivity index (χ4n) is 4.55. The Hall–Kier alpha value is -1.03. The van der Waals surface area contributed by atoms with Crippen LogP contribution in [0.1, 0.15) is 29.6 Å². The van der Waals surface area contributed by atoms with E-state index in [1.807, 2.05) is 12.1 Å². The number of rotatable bonds is 3. The Bertz CT molecular complexity index is 558. The van der Waals surface area contributed by atoms with Crippen molar-refractivity contribution < 1.29 is 9.53 Å². The Balaban J connectivity index is 1.49. The second-order valence-corrected chi connectivity index (χ2v) is 7.19. The van der Waals surface area contributed by atoms with Gasteiger partial charge >= 0.3 is 0 Å². The lowest BCUT2D eigenvalue weighted by Gasteiger charge is -2.12. The summed E-state index contributed by atoms with van der Waals surface area (Å²) in [7, 11) is 1.62. The smallest absolute Gasteiger partial charge is 0.252 e. The minimum Gasteiger partial charge on any atom is -0.497 e. The van der Waals surface area contributed by atoms with Crippen molar-refractivity contribution in [2.45, 2.75) is 25.3 Å². The molecule has 3 saturated carbocycles. The van der Waals surface area contributed by atoms with Gasteiger partial charge in [0.2, 0.25) is 0 Å². The molecule has 0 spiro atoms. The maximum atomic E-state index is 12.5. The highest BCUT2D eigenvalue weighted by Gasteiger charge is 2.65. The molecule has 4 heteroatoms. The summed E-state index contributed by atoms with van der Waals surface area (Å²) < 4.78 is 6.02. The van der Waals surface area contributed by atoms with Gasteiger partial charge in [0.1, 0.15) is 5.75 Å². The van der Waals surface area contributed by atoms with Crippen molar-refractivity contribution in [3.05, 3.63) is 28.2 Å². The molecule has 1 N–H and O–H groups in total. The maximum absolute atomic E-state index is 12.5. The number of fused-ring (bicyclic) bond motifs is 5. The number of hydrogen-bond donors (Lipinski definition) is 1. The lowest BCUT2D eigenvalue weighted by molar-refractivity contribution is 0.0943. The van der Waals surface area contributed by atoms with Gasteiger partial charge in [-0.1, -0.05) is 0 Å². The zero-order valence-corrected chi connectivity index (χ0v) is 13.0. The molecule has 3 aliphatic carbocycles. The first-order valence-electron chi connectivity index (χ1n) is 7.33. The minimum atomic E-state index is 0.0228. The second kappa shape index (κ2) is 4.48. The van der Waals surface area contributed by atoms with Crippen molar-refractivity contribution >= 4 is 21.8 Å². The van der Waals surface area contributed by atoms with E-state index >= 15 is 0 Å². The Morgan fingerprint density at radius 2 is 2.00 bits per heavy atom. The Kier molecular flexibility index (Phi) is 2.85. The van der Waals surface area contributed by atoms with Gasteiger partial charge in [0.25, 0.3) is 5.91 Å². The van der Waals surface area contributed by atoms with Gasteiger partial charge in [-0.05, 0) is 77.1 Å². The molecule has 0 aliphatic heterocycles. The Labute approximate surface area is 127 Å². The van der Waals surface area contributed by atoms with Gasteiger partial charge in [-0.25, -0.2) is 0 Å². The van der Waals surface area contributed by atoms with Crippen LogP contribution in [0.3, 0.4) is 0 Å². The summed E-state index contributed by atoms with van der Waals surface area (Å²) in [6, 6.07) is 5.94. The lowest BCUT2D eigenvalue weighted by Crippen LogP contribution is -2.30. The summed E-state index contributed by atoms with van der Waals surface area (Å²) in [5.41, 5.74) is 0.668. The van der Waals surface area contributed by atoms with Crippen molar-refractivity contribution in [3.63, 3.8) is 0 Å². The Morgan fingerprint density at radius 3 is 2.65 bits per heavy atom. The number of ether oxygens (including phenoxy) is 1. The molecule has 1 aromatic rings. The number of benzene rings is 1. The van der Waals surface area contributed by atoms with E-state index in [1.165, 1.54) is 19.3 Å². The van der Waals surface area contributed by atoms with E-state index in [4.69, 9.17) is 4.74 Å². The third-order valence-corrected chi connectivity index (χ3v) is 6.14. The largest absolute Gasteiger partial charge is 0.497 e. The highest BCUT2D eigenvalue weighted by molar-refractivity contribution is 9.10. The van der Waals surface area contributed by atoms with Gasteiger partial charge in [0, 0.05) is 10.5 Å². The molecular weight excluding hydrogens is 318 g/mol. The molecule has 0 aromatic heterocycles. The molecule has 20 heavy (non-hydrogen) atoms. The predicted molar refractivity (Wildman–Crippen MR) is 79.8 cm³/mol. The van der Waals surface area contributed by atoms with E-state index in [0.29, 0.717) is 11.6 Å². The van der Waals surface area contributed by atoms with E-state index in [0.717, 1.165) is 33.9 Å². The number of nitrogens with one attached hydrogen (secondary N) is 1. The molecule has 4 rings (SSSR count). The van der Waals surface area contributed by atoms with E-state index in [9.17, 15) is 4.79 Å². The molecule has 0 heterocycles. The molecule has 0 saturated heterocycles. The molecule has 1 aromatic carbocycles. The summed E-state index contributed by atoms with van der Waals surface area (Å²) in [5, 5.41) is 3.24. The summed E-state index contributed by atoms with van der Waals surface area (Å²) in [4.78, 5) is 12.5. The molecule has 3 fully saturated rings. The van der Waals surface area contributed by atoms with Crippen LogP contribution in [0.2, 0.25) is 0 Å². The second-order valence-electron chi connectivity index (χ2n) is 6.33. The van der Waals surface area contributed by atoms with Crippen LogP contribution in [-0.2, 0) is 0 Å². The molecule has 3 aliphatic rings. The average molecular weight is 336 g/mol. The van der Waals surface area contributed by atoms with Crippen LogP contribution in [0, 0.1) is 23.7 Å². The van der Waals surface area contributed by atoms with E-state index in [1.54, 1.807) is 13.2 Å². The summed E-state index contributed by atoms with van der Waals surface area (Å²) in [5.74, 6) is 4.03. The topological polar surface area (TPSA) is 38.3 Å².